The minimum absolute atomic E-state index is 0.00986. The number of amides is 2. The minimum atomic E-state index is -0.421. The van der Waals surface area contributed by atoms with E-state index < -0.39 is 11.1 Å². The second kappa shape index (κ2) is 10.8. The summed E-state index contributed by atoms with van der Waals surface area (Å²) >= 11 is 20.2. The summed E-state index contributed by atoms with van der Waals surface area (Å²) in [5.74, 6) is -0.173. The van der Waals surface area contributed by atoms with Crippen LogP contribution in [0.25, 0.3) is 6.08 Å². The Kier molecular flexibility index (Phi) is 8.05. The van der Waals surface area contributed by atoms with Gasteiger partial charge in [-0.1, -0.05) is 41.4 Å². The second-order valence-corrected chi connectivity index (χ2v) is 10.7. The molecule has 0 spiro atoms. The van der Waals surface area contributed by atoms with Crippen LogP contribution in [-0.2, 0) is 17.9 Å². The Labute approximate surface area is 226 Å². The fourth-order valence-electron chi connectivity index (χ4n) is 3.17. The van der Waals surface area contributed by atoms with Crippen molar-refractivity contribution in [3.8, 4) is 5.75 Å². The van der Waals surface area contributed by atoms with Gasteiger partial charge in [-0.2, -0.15) is 0 Å². The molecule has 1 aliphatic rings. The predicted octanol–water partition coefficient (Wildman–Crippen LogP) is 8.47. The average Bonchev–Trinajstić information content (AvgIpc) is 3.04. The molecule has 1 heterocycles. The molecule has 10 heteroatoms. The summed E-state index contributed by atoms with van der Waals surface area (Å²) < 4.78 is 20.3. The fourth-order valence-corrected chi connectivity index (χ4v) is 5.97. The van der Waals surface area contributed by atoms with E-state index in [1.807, 2.05) is 0 Å². The van der Waals surface area contributed by atoms with Crippen LogP contribution < -0.4 is 4.74 Å². The third kappa shape index (κ3) is 5.69. The van der Waals surface area contributed by atoms with Crippen molar-refractivity contribution in [1.82, 2.24) is 4.90 Å². The molecule has 0 saturated carbocycles. The van der Waals surface area contributed by atoms with E-state index in [0.29, 0.717) is 35.9 Å². The number of carbonyl (C=O) groups is 2. The van der Waals surface area contributed by atoms with Crippen LogP contribution in [0.5, 0.6) is 5.75 Å². The topological polar surface area (TPSA) is 46.6 Å². The summed E-state index contributed by atoms with van der Waals surface area (Å²) in [6.07, 6.45) is 1.64. The Bertz CT molecular complexity index is 1270. The zero-order valence-electron chi connectivity index (χ0n) is 17.2. The first kappa shape index (κ1) is 25.3. The van der Waals surface area contributed by atoms with Crippen molar-refractivity contribution in [2.24, 2.45) is 0 Å². The molecule has 0 radical (unpaired) electrons. The van der Waals surface area contributed by atoms with Crippen LogP contribution in [0.2, 0.25) is 10.0 Å². The first-order chi connectivity index (χ1) is 16.2. The Morgan fingerprint density at radius 3 is 2.24 bits per heavy atom. The molecule has 1 aliphatic heterocycles. The first-order valence-corrected chi connectivity index (χ1v) is 12.9. The van der Waals surface area contributed by atoms with Crippen LogP contribution in [0.15, 0.2) is 68.4 Å². The van der Waals surface area contributed by atoms with Gasteiger partial charge >= 0.3 is 0 Å². The van der Waals surface area contributed by atoms with Gasteiger partial charge in [0.15, 0.2) is 0 Å². The molecule has 174 valence electrons. The molecule has 3 aromatic carbocycles. The molecular weight excluding hydrogens is 632 g/mol. The summed E-state index contributed by atoms with van der Waals surface area (Å²) in [4.78, 5) is 26.8. The number of benzene rings is 3. The number of ether oxygens (including phenoxy) is 1. The van der Waals surface area contributed by atoms with E-state index in [4.69, 9.17) is 27.9 Å². The Morgan fingerprint density at radius 1 is 1.00 bits per heavy atom. The molecular formula is C24H14Br2Cl2FNO3S. The van der Waals surface area contributed by atoms with Crippen LogP contribution in [-0.4, -0.2) is 16.0 Å². The molecule has 0 aromatic heterocycles. The third-order valence-electron chi connectivity index (χ3n) is 4.87. The summed E-state index contributed by atoms with van der Waals surface area (Å²) in [6.45, 7) is 0.240. The number of thioether (sulfide) groups is 1. The molecule has 0 aliphatic carbocycles. The monoisotopic (exact) mass is 643 g/mol. The smallest absolute Gasteiger partial charge is 0.293 e. The Hall–Kier alpha value is -1.84. The summed E-state index contributed by atoms with van der Waals surface area (Å²) in [7, 11) is 0. The lowest BCUT2D eigenvalue weighted by molar-refractivity contribution is -0.123. The molecule has 4 nitrogen and oxygen atoms in total. The normalized spacial score (nSPS) is 14.9. The summed E-state index contributed by atoms with van der Waals surface area (Å²) in [6, 6.07) is 14.6. The van der Waals surface area contributed by atoms with E-state index in [1.165, 1.54) is 12.1 Å². The van der Waals surface area contributed by atoms with Gasteiger partial charge in [-0.3, -0.25) is 14.5 Å². The predicted molar refractivity (Wildman–Crippen MR) is 141 cm³/mol. The molecule has 3 aromatic rings. The van der Waals surface area contributed by atoms with Gasteiger partial charge in [-0.25, -0.2) is 4.39 Å². The lowest BCUT2D eigenvalue weighted by Gasteiger charge is -2.14. The van der Waals surface area contributed by atoms with E-state index in [-0.39, 0.29) is 23.9 Å². The maximum Gasteiger partial charge on any atom is 0.293 e. The molecule has 4 rings (SSSR count). The highest BCUT2D eigenvalue weighted by atomic mass is 79.9. The van der Waals surface area contributed by atoms with E-state index in [9.17, 15) is 14.0 Å². The number of hydrogen-bond donors (Lipinski definition) is 0. The maximum absolute atomic E-state index is 13.1. The molecule has 0 atom stereocenters. The van der Waals surface area contributed by atoms with Gasteiger partial charge in [0, 0.05) is 15.6 Å². The lowest BCUT2D eigenvalue weighted by Crippen LogP contribution is -2.27. The van der Waals surface area contributed by atoms with Crippen LogP contribution in [0.3, 0.4) is 0 Å². The van der Waals surface area contributed by atoms with Crippen molar-refractivity contribution in [3.63, 3.8) is 0 Å². The quantitative estimate of drug-likeness (QED) is 0.252. The molecule has 1 saturated heterocycles. The highest BCUT2D eigenvalue weighted by Gasteiger charge is 2.35. The van der Waals surface area contributed by atoms with Gasteiger partial charge in [0.1, 0.15) is 18.2 Å². The number of imide groups is 1. The summed E-state index contributed by atoms with van der Waals surface area (Å²) in [5.41, 5.74) is 2.02. The fraction of sp³-hybridized carbons (Fsp3) is 0.0833. The second-order valence-electron chi connectivity index (χ2n) is 7.20. The van der Waals surface area contributed by atoms with Crippen molar-refractivity contribution < 1.29 is 18.7 Å². The van der Waals surface area contributed by atoms with E-state index >= 15 is 0 Å². The number of carbonyl (C=O) groups excluding carboxylic acids is 2. The van der Waals surface area contributed by atoms with Gasteiger partial charge in [0.25, 0.3) is 11.1 Å². The van der Waals surface area contributed by atoms with Gasteiger partial charge < -0.3 is 4.74 Å². The van der Waals surface area contributed by atoms with Gasteiger partial charge in [0.05, 0.1) is 20.4 Å². The van der Waals surface area contributed by atoms with Crippen molar-refractivity contribution in [3.05, 3.63) is 101 Å². The zero-order chi connectivity index (χ0) is 24.4. The van der Waals surface area contributed by atoms with Crippen LogP contribution in [0.4, 0.5) is 9.18 Å². The highest BCUT2D eigenvalue weighted by molar-refractivity contribution is 9.11. The lowest BCUT2D eigenvalue weighted by atomic mass is 10.2. The molecule has 0 N–H and O–H groups in total. The third-order valence-corrected chi connectivity index (χ3v) is 7.66. The Morgan fingerprint density at radius 2 is 1.62 bits per heavy atom. The Balaban J connectivity index is 1.51. The SMILES string of the molecule is O=C1S/C(=C\c2cc(Br)c(OCc3ccc(F)cc3)c(Br)c2)C(=O)N1Cc1c(Cl)cccc1Cl. The van der Waals surface area contributed by atoms with Crippen LogP contribution >= 0.6 is 66.8 Å². The van der Waals surface area contributed by atoms with Gasteiger partial charge in [0.2, 0.25) is 0 Å². The summed E-state index contributed by atoms with van der Waals surface area (Å²) in [5, 5.41) is 0.379. The molecule has 1 fully saturated rings. The first-order valence-electron chi connectivity index (χ1n) is 9.77. The molecule has 0 unspecified atom stereocenters. The zero-order valence-corrected chi connectivity index (χ0v) is 22.7. The minimum Gasteiger partial charge on any atom is -0.487 e. The standard InChI is InChI=1S/C24H14Br2Cl2FNO3S/c25-17-8-14(9-18(26)22(17)33-12-13-4-6-15(29)7-5-13)10-21-23(31)30(24(32)34-21)11-16-19(27)2-1-3-20(16)28/h1-10H,11-12H2/b21-10-. The largest absolute Gasteiger partial charge is 0.487 e. The van der Waals surface area contributed by atoms with Crippen molar-refractivity contribution in [1.29, 1.82) is 0 Å². The van der Waals surface area contributed by atoms with Crippen molar-refractivity contribution >= 4 is 84.0 Å². The number of rotatable bonds is 6. The van der Waals surface area contributed by atoms with E-state index in [0.717, 1.165) is 22.2 Å². The van der Waals surface area contributed by atoms with Crippen molar-refractivity contribution in [2.75, 3.05) is 0 Å². The van der Waals surface area contributed by atoms with E-state index in [2.05, 4.69) is 31.9 Å². The highest BCUT2D eigenvalue weighted by Crippen LogP contribution is 2.39. The van der Waals surface area contributed by atoms with Crippen LogP contribution in [0, 0.1) is 5.82 Å². The molecule has 34 heavy (non-hydrogen) atoms. The van der Waals surface area contributed by atoms with Crippen LogP contribution in [0.1, 0.15) is 16.7 Å². The number of halogens is 5. The van der Waals surface area contributed by atoms with Gasteiger partial charge in [-0.05, 0) is 97.2 Å². The van der Waals surface area contributed by atoms with Gasteiger partial charge in [-0.15, -0.1) is 0 Å². The van der Waals surface area contributed by atoms with E-state index in [1.54, 1.807) is 48.5 Å². The molecule has 2 amide bonds. The number of hydrogen-bond acceptors (Lipinski definition) is 4. The van der Waals surface area contributed by atoms with Crippen molar-refractivity contribution in [2.45, 2.75) is 13.2 Å². The molecule has 0 bridgehead atoms. The average molecular weight is 646 g/mol. The maximum atomic E-state index is 13.1. The number of nitrogens with zero attached hydrogens (tertiary/aromatic N) is 1.